The molecule has 30 heavy (non-hydrogen) atoms. The van der Waals surface area contributed by atoms with Crippen molar-refractivity contribution in [3.05, 3.63) is 66.0 Å². The third-order valence-electron chi connectivity index (χ3n) is 5.27. The Morgan fingerprint density at radius 3 is 2.33 bits per heavy atom. The van der Waals surface area contributed by atoms with E-state index in [1.54, 1.807) is 17.1 Å². The van der Waals surface area contributed by atoms with Gasteiger partial charge in [-0.1, -0.05) is 51.1 Å². The van der Waals surface area contributed by atoms with Crippen LogP contribution in [0.15, 0.2) is 54.7 Å². The number of carbonyl (C=O) groups excluding carboxylic acids is 2. The van der Waals surface area contributed by atoms with Crippen molar-refractivity contribution in [2.45, 2.75) is 46.7 Å². The van der Waals surface area contributed by atoms with E-state index >= 15 is 0 Å². The maximum absolute atomic E-state index is 13.2. The third kappa shape index (κ3) is 6.90. The number of carbonyl (C=O) groups is 2. The minimum atomic E-state index is -0.134. The lowest BCUT2D eigenvalue weighted by Crippen LogP contribution is -2.46. The Kier molecular flexibility index (Phi) is 8.90. The predicted octanol–water partition coefficient (Wildman–Crippen LogP) is 4.35. The van der Waals surface area contributed by atoms with Gasteiger partial charge in [0.1, 0.15) is 6.54 Å². The van der Waals surface area contributed by atoms with Crippen LogP contribution in [0.5, 0.6) is 0 Å². The van der Waals surface area contributed by atoms with Gasteiger partial charge in [0.25, 0.3) is 0 Å². The van der Waals surface area contributed by atoms with Crippen LogP contribution < -0.4 is 0 Å². The minimum Gasteiger partial charge on any atom is -0.353 e. The monoisotopic (exact) mass is 409 g/mol. The number of aryl methyl sites for hydroxylation is 1. The summed E-state index contributed by atoms with van der Waals surface area (Å²) < 4.78 is 2.03. The topological polar surface area (TPSA) is 45.6 Å². The summed E-state index contributed by atoms with van der Waals surface area (Å²) in [6.45, 7) is 9.52. The number of benzene rings is 1. The molecule has 2 amide bonds. The van der Waals surface area contributed by atoms with Gasteiger partial charge in [0.05, 0.1) is 6.54 Å². The number of amides is 2. The van der Waals surface area contributed by atoms with Crippen LogP contribution in [0, 0.1) is 5.92 Å². The lowest BCUT2D eigenvalue weighted by molar-refractivity contribution is -0.140. The standard InChI is InChI=1S/C25H35N3O2/c1-6-21(4)28(24(29)15-14-22-11-8-7-9-12-22)19-25(30)27(17-20(2)3)18-23-13-10-16-26(23)5/h7-16,20-21H,6,17-19H2,1-5H3/b15-14+/t21-/m0/s1. The fourth-order valence-corrected chi connectivity index (χ4v) is 3.30. The van der Waals surface area contributed by atoms with Crippen LogP contribution in [0.3, 0.4) is 0 Å². The highest BCUT2D eigenvalue weighted by Gasteiger charge is 2.24. The number of hydrogen-bond acceptors (Lipinski definition) is 2. The Morgan fingerprint density at radius 2 is 1.77 bits per heavy atom. The third-order valence-corrected chi connectivity index (χ3v) is 5.27. The zero-order chi connectivity index (χ0) is 22.1. The van der Waals surface area contributed by atoms with Gasteiger partial charge in [0, 0.05) is 37.6 Å². The molecule has 0 aliphatic heterocycles. The summed E-state index contributed by atoms with van der Waals surface area (Å²) in [5.41, 5.74) is 2.04. The van der Waals surface area contributed by atoms with Gasteiger partial charge in [-0.2, -0.15) is 0 Å². The lowest BCUT2D eigenvalue weighted by atomic mass is 10.1. The van der Waals surface area contributed by atoms with Crippen molar-refractivity contribution in [3.8, 4) is 0 Å². The van der Waals surface area contributed by atoms with E-state index in [9.17, 15) is 9.59 Å². The summed E-state index contributed by atoms with van der Waals surface area (Å²) in [5.74, 6) is 0.191. The van der Waals surface area contributed by atoms with Gasteiger partial charge in [-0.25, -0.2) is 0 Å². The van der Waals surface area contributed by atoms with Crippen LogP contribution in [0.25, 0.3) is 6.08 Å². The average molecular weight is 410 g/mol. The molecule has 1 heterocycles. The van der Waals surface area contributed by atoms with Crippen molar-refractivity contribution in [2.24, 2.45) is 13.0 Å². The van der Waals surface area contributed by atoms with E-state index in [-0.39, 0.29) is 24.4 Å². The normalized spacial score (nSPS) is 12.3. The molecule has 1 atom stereocenters. The molecule has 1 aromatic heterocycles. The van der Waals surface area contributed by atoms with Crippen molar-refractivity contribution in [1.82, 2.24) is 14.4 Å². The highest BCUT2D eigenvalue weighted by atomic mass is 16.2. The van der Waals surface area contributed by atoms with Gasteiger partial charge >= 0.3 is 0 Å². The van der Waals surface area contributed by atoms with E-state index in [2.05, 4.69) is 13.8 Å². The highest BCUT2D eigenvalue weighted by Crippen LogP contribution is 2.12. The van der Waals surface area contributed by atoms with Crippen LogP contribution in [0.1, 0.15) is 45.4 Å². The van der Waals surface area contributed by atoms with Gasteiger partial charge in [0.2, 0.25) is 11.8 Å². The van der Waals surface area contributed by atoms with Crippen molar-refractivity contribution in [2.75, 3.05) is 13.1 Å². The lowest BCUT2D eigenvalue weighted by Gasteiger charge is -2.31. The molecule has 0 unspecified atom stereocenters. The number of nitrogens with zero attached hydrogens (tertiary/aromatic N) is 3. The van der Waals surface area contributed by atoms with Crippen molar-refractivity contribution in [1.29, 1.82) is 0 Å². The van der Waals surface area contributed by atoms with Crippen molar-refractivity contribution < 1.29 is 9.59 Å². The first-order chi connectivity index (χ1) is 14.3. The molecule has 0 fully saturated rings. The van der Waals surface area contributed by atoms with E-state index in [1.165, 1.54) is 0 Å². The molecule has 0 aliphatic rings. The molecule has 2 rings (SSSR count). The Hall–Kier alpha value is -2.82. The van der Waals surface area contributed by atoms with E-state index in [0.29, 0.717) is 19.0 Å². The minimum absolute atomic E-state index is 0.0159. The second kappa shape index (κ2) is 11.4. The summed E-state index contributed by atoms with van der Waals surface area (Å²) in [6, 6.07) is 13.7. The molecule has 0 saturated heterocycles. The van der Waals surface area contributed by atoms with E-state index in [0.717, 1.165) is 17.7 Å². The SMILES string of the molecule is CC[C@H](C)N(CC(=O)N(Cc1cccn1C)CC(C)C)C(=O)/C=C/c1ccccc1. The number of rotatable bonds is 10. The van der Waals surface area contributed by atoms with Crippen molar-refractivity contribution >= 4 is 17.9 Å². The molecule has 5 nitrogen and oxygen atoms in total. The molecule has 0 N–H and O–H groups in total. The van der Waals surface area contributed by atoms with Crippen LogP contribution in [-0.4, -0.2) is 45.3 Å². The van der Waals surface area contributed by atoms with Crippen LogP contribution >= 0.6 is 0 Å². The second-order valence-electron chi connectivity index (χ2n) is 8.25. The molecular formula is C25H35N3O2. The zero-order valence-corrected chi connectivity index (χ0v) is 18.9. The second-order valence-corrected chi connectivity index (χ2v) is 8.25. The summed E-state index contributed by atoms with van der Waals surface area (Å²) in [7, 11) is 1.98. The molecular weight excluding hydrogens is 374 g/mol. The Morgan fingerprint density at radius 1 is 1.07 bits per heavy atom. The van der Waals surface area contributed by atoms with Crippen molar-refractivity contribution in [3.63, 3.8) is 0 Å². The molecule has 0 spiro atoms. The summed E-state index contributed by atoms with van der Waals surface area (Å²) in [6.07, 6.45) is 6.15. The van der Waals surface area contributed by atoms with E-state index in [1.807, 2.05) is 79.0 Å². The molecule has 162 valence electrons. The van der Waals surface area contributed by atoms with Crippen LogP contribution in [-0.2, 0) is 23.2 Å². The Bertz CT molecular complexity index is 839. The summed E-state index contributed by atoms with van der Waals surface area (Å²) >= 11 is 0. The van der Waals surface area contributed by atoms with E-state index in [4.69, 9.17) is 0 Å². The Balaban J connectivity index is 2.15. The first-order valence-corrected chi connectivity index (χ1v) is 10.7. The predicted molar refractivity (Wildman–Crippen MR) is 123 cm³/mol. The summed E-state index contributed by atoms with van der Waals surface area (Å²) in [4.78, 5) is 29.7. The quantitative estimate of drug-likeness (QED) is 0.548. The van der Waals surface area contributed by atoms with Gasteiger partial charge in [-0.05, 0) is 43.0 Å². The van der Waals surface area contributed by atoms with Gasteiger partial charge in [0.15, 0.2) is 0 Å². The molecule has 0 bridgehead atoms. The van der Waals surface area contributed by atoms with Crippen LogP contribution in [0.4, 0.5) is 0 Å². The first-order valence-electron chi connectivity index (χ1n) is 10.7. The fourth-order valence-electron chi connectivity index (χ4n) is 3.30. The molecule has 0 radical (unpaired) electrons. The Labute approximate surface area is 181 Å². The number of aromatic nitrogens is 1. The molecule has 2 aromatic rings. The fraction of sp³-hybridized carbons (Fsp3) is 0.440. The maximum Gasteiger partial charge on any atom is 0.247 e. The zero-order valence-electron chi connectivity index (χ0n) is 18.9. The molecule has 0 saturated carbocycles. The van der Waals surface area contributed by atoms with Gasteiger partial charge in [-0.15, -0.1) is 0 Å². The highest BCUT2D eigenvalue weighted by molar-refractivity contribution is 5.94. The maximum atomic E-state index is 13.2. The average Bonchev–Trinajstić information content (AvgIpc) is 3.13. The smallest absolute Gasteiger partial charge is 0.247 e. The van der Waals surface area contributed by atoms with Gasteiger partial charge in [-0.3, -0.25) is 9.59 Å². The first kappa shape index (κ1) is 23.5. The molecule has 5 heteroatoms. The largest absolute Gasteiger partial charge is 0.353 e. The van der Waals surface area contributed by atoms with E-state index < -0.39 is 0 Å². The number of hydrogen-bond donors (Lipinski definition) is 0. The molecule has 1 aromatic carbocycles. The van der Waals surface area contributed by atoms with Gasteiger partial charge < -0.3 is 14.4 Å². The summed E-state index contributed by atoms with van der Waals surface area (Å²) in [5, 5.41) is 0. The van der Waals surface area contributed by atoms with Crippen LogP contribution in [0.2, 0.25) is 0 Å². The molecule has 0 aliphatic carbocycles.